The molecule has 2 rings (SSSR count). The Hall–Kier alpha value is -3.12. The van der Waals surface area contributed by atoms with E-state index in [0.29, 0.717) is 28.6 Å². The minimum absolute atomic E-state index is 0.390. The van der Waals surface area contributed by atoms with Crippen LogP contribution >= 0.6 is 11.6 Å². The molecule has 0 aliphatic carbocycles. The van der Waals surface area contributed by atoms with Gasteiger partial charge in [-0.3, -0.25) is 9.59 Å². The molecule has 2 N–H and O–H groups in total. The van der Waals surface area contributed by atoms with Crippen LogP contribution in [-0.4, -0.2) is 24.6 Å². The molecule has 0 bridgehead atoms. The van der Waals surface area contributed by atoms with Crippen molar-refractivity contribution in [3.05, 3.63) is 71.8 Å². The van der Waals surface area contributed by atoms with Gasteiger partial charge in [0.15, 0.2) is 0 Å². The minimum Gasteiger partial charge on any atom is -0.490 e. The van der Waals surface area contributed by atoms with E-state index in [-0.39, 0.29) is 0 Å². The van der Waals surface area contributed by atoms with Gasteiger partial charge in [0.05, 0.1) is 6.21 Å². The van der Waals surface area contributed by atoms with Crippen LogP contribution in [0.4, 0.5) is 5.69 Å². The lowest BCUT2D eigenvalue weighted by molar-refractivity contribution is -0.136. The van der Waals surface area contributed by atoms with Crippen molar-refractivity contribution in [3.8, 4) is 5.75 Å². The van der Waals surface area contributed by atoms with Crippen LogP contribution in [0.25, 0.3) is 0 Å². The molecule has 0 aliphatic heterocycles. The van der Waals surface area contributed by atoms with Crippen LogP contribution < -0.4 is 15.5 Å². The van der Waals surface area contributed by atoms with Gasteiger partial charge in [0.25, 0.3) is 0 Å². The van der Waals surface area contributed by atoms with Gasteiger partial charge in [-0.2, -0.15) is 5.10 Å². The van der Waals surface area contributed by atoms with Gasteiger partial charge in [0.1, 0.15) is 12.4 Å². The molecule has 2 amide bonds. The molecule has 7 heteroatoms. The number of halogens is 1. The number of hydrogen-bond acceptors (Lipinski definition) is 4. The Morgan fingerprint density at radius 2 is 1.96 bits per heavy atom. The van der Waals surface area contributed by atoms with E-state index >= 15 is 0 Å². The Bertz CT molecular complexity index is 806. The zero-order valence-electron chi connectivity index (χ0n) is 13.2. The number of anilines is 1. The second kappa shape index (κ2) is 9.24. The topological polar surface area (TPSA) is 79.8 Å². The first-order valence-electron chi connectivity index (χ1n) is 7.32. The summed E-state index contributed by atoms with van der Waals surface area (Å²) in [6.45, 7) is 3.96. The third-order valence-electron chi connectivity index (χ3n) is 2.89. The van der Waals surface area contributed by atoms with E-state index in [1.165, 1.54) is 12.3 Å². The number of nitrogens with one attached hydrogen (secondary N) is 2. The number of carbonyl (C=O) groups excluding carboxylic acids is 2. The SMILES string of the molecule is C=CCOc1cccc(/C=N\NC(=O)C(=O)Nc2cccc(Cl)c2)c1. The van der Waals surface area contributed by atoms with Crippen LogP contribution in [0.2, 0.25) is 5.02 Å². The molecule has 0 saturated heterocycles. The van der Waals surface area contributed by atoms with E-state index in [1.54, 1.807) is 48.5 Å². The monoisotopic (exact) mass is 357 g/mol. The fraction of sp³-hybridized carbons (Fsp3) is 0.0556. The lowest BCUT2D eigenvalue weighted by atomic mass is 10.2. The van der Waals surface area contributed by atoms with Crippen LogP contribution in [0.1, 0.15) is 5.56 Å². The van der Waals surface area contributed by atoms with Crippen LogP contribution in [0.5, 0.6) is 5.75 Å². The zero-order chi connectivity index (χ0) is 18.1. The minimum atomic E-state index is -0.893. The number of carbonyl (C=O) groups is 2. The Kier molecular flexibility index (Phi) is 6.74. The highest BCUT2D eigenvalue weighted by Gasteiger charge is 2.12. The van der Waals surface area contributed by atoms with Crippen molar-refractivity contribution < 1.29 is 14.3 Å². The smallest absolute Gasteiger partial charge is 0.329 e. The van der Waals surface area contributed by atoms with Gasteiger partial charge < -0.3 is 10.1 Å². The van der Waals surface area contributed by atoms with Gasteiger partial charge in [-0.15, -0.1) is 0 Å². The number of rotatable bonds is 6. The molecule has 2 aromatic carbocycles. The summed E-state index contributed by atoms with van der Waals surface area (Å²) in [5, 5.41) is 6.63. The van der Waals surface area contributed by atoms with Crippen molar-refractivity contribution in [2.45, 2.75) is 0 Å². The Balaban J connectivity index is 1.89. The molecule has 0 fully saturated rings. The average Bonchev–Trinajstić information content (AvgIpc) is 2.60. The molecule has 25 heavy (non-hydrogen) atoms. The van der Waals surface area contributed by atoms with Gasteiger partial charge in [-0.1, -0.05) is 42.5 Å². The Morgan fingerprint density at radius 1 is 1.16 bits per heavy atom. The highest BCUT2D eigenvalue weighted by molar-refractivity contribution is 6.39. The van der Waals surface area contributed by atoms with Gasteiger partial charge in [0.2, 0.25) is 0 Å². The molecule has 0 unspecified atom stereocenters. The van der Waals surface area contributed by atoms with Crippen LogP contribution in [0.3, 0.4) is 0 Å². The Morgan fingerprint density at radius 3 is 2.72 bits per heavy atom. The first-order chi connectivity index (χ1) is 12.1. The number of hydrazone groups is 1. The third-order valence-corrected chi connectivity index (χ3v) is 3.13. The lowest BCUT2D eigenvalue weighted by Crippen LogP contribution is -2.32. The maximum atomic E-state index is 11.8. The average molecular weight is 358 g/mol. The fourth-order valence-corrected chi connectivity index (χ4v) is 2.00. The zero-order valence-corrected chi connectivity index (χ0v) is 14.0. The van der Waals surface area contributed by atoms with Gasteiger partial charge in [-0.05, 0) is 35.9 Å². The number of ether oxygens (including phenoxy) is 1. The summed E-state index contributed by atoms with van der Waals surface area (Å²) in [4.78, 5) is 23.5. The molecular weight excluding hydrogens is 342 g/mol. The molecule has 0 saturated carbocycles. The standard InChI is InChI=1S/C18H16ClN3O3/c1-2-9-25-16-8-3-5-13(10-16)12-20-22-18(24)17(23)21-15-7-4-6-14(19)11-15/h2-8,10-12H,1,9H2,(H,21,23)(H,22,24)/b20-12-. The van der Waals surface area contributed by atoms with Gasteiger partial charge in [-0.25, -0.2) is 5.43 Å². The number of hydrogen-bond donors (Lipinski definition) is 2. The van der Waals surface area contributed by atoms with Crippen molar-refractivity contribution in [1.29, 1.82) is 0 Å². The summed E-state index contributed by atoms with van der Waals surface area (Å²) in [5.74, 6) is -1.09. The lowest BCUT2D eigenvalue weighted by Gasteiger charge is -2.04. The number of benzene rings is 2. The molecular formula is C18H16ClN3O3. The molecule has 0 heterocycles. The second-order valence-electron chi connectivity index (χ2n) is 4.84. The fourth-order valence-electron chi connectivity index (χ4n) is 1.81. The summed E-state index contributed by atoms with van der Waals surface area (Å²) in [6.07, 6.45) is 3.05. The van der Waals surface area contributed by atoms with Gasteiger partial charge in [0, 0.05) is 10.7 Å². The molecule has 0 radical (unpaired) electrons. The summed E-state index contributed by atoms with van der Waals surface area (Å²) < 4.78 is 5.40. The predicted molar refractivity (Wildman–Crippen MR) is 98.0 cm³/mol. The first-order valence-corrected chi connectivity index (χ1v) is 7.70. The molecule has 2 aromatic rings. The molecule has 6 nitrogen and oxygen atoms in total. The molecule has 0 spiro atoms. The highest BCUT2D eigenvalue weighted by atomic mass is 35.5. The second-order valence-corrected chi connectivity index (χ2v) is 5.27. The van der Waals surface area contributed by atoms with E-state index in [1.807, 2.05) is 0 Å². The highest BCUT2D eigenvalue weighted by Crippen LogP contribution is 2.14. The molecule has 128 valence electrons. The number of nitrogens with zero attached hydrogens (tertiary/aromatic N) is 1. The van der Waals surface area contributed by atoms with Crippen molar-refractivity contribution in [3.63, 3.8) is 0 Å². The maximum Gasteiger partial charge on any atom is 0.329 e. The van der Waals surface area contributed by atoms with Crippen molar-refractivity contribution in [1.82, 2.24) is 5.43 Å². The van der Waals surface area contributed by atoms with Crippen molar-refractivity contribution in [2.24, 2.45) is 5.10 Å². The quantitative estimate of drug-likeness (QED) is 0.361. The van der Waals surface area contributed by atoms with Crippen LogP contribution in [0, 0.1) is 0 Å². The summed E-state index contributed by atoms with van der Waals surface area (Å²) in [5.41, 5.74) is 3.28. The largest absolute Gasteiger partial charge is 0.490 e. The number of amides is 2. The first kappa shape index (κ1) is 18.2. The van der Waals surface area contributed by atoms with Crippen molar-refractivity contribution in [2.75, 3.05) is 11.9 Å². The van der Waals surface area contributed by atoms with E-state index in [9.17, 15) is 9.59 Å². The van der Waals surface area contributed by atoms with Gasteiger partial charge >= 0.3 is 11.8 Å². The Labute approximate surface area is 150 Å². The predicted octanol–water partition coefficient (Wildman–Crippen LogP) is 2.99. The third kappa shape index (κ3) is 6.12. The molecule has 0 atom stereocenters. The summed E-state index contributed by atoms with van der Waals surface area (Å²) >= 11 is 5.81. The van der Waals surface area contributed by atoms with Crippen LogP contribution in [-0.2, 0) is 9.59 Å². The summed E-state index contributed by atoms with van der Waals surface area (Å²) in [7, 11) is 0. The maximum absolute atomic E-state index is 11.8. The van der Waals surface area contributed by atoms with E-state index < -0.39 is 11.8 Å². The van der Waals surface area contributed by atoms with E-state index in [2.05, 4.69) is 22.4 Å². The molecule has 0 aromatic heterocycles. The van der Waals surface area contributed by atoms with E-state index in [0.717, 1.165) is 0 Å². The molecule has 0 aliphatic rings. The van der Waals surface area contributed by atoms with Crippen molar-refractivity contribution >= 4 is 35.3 Å². The summed E-state index contributed by atoms with van der Waals surface area (Å²) in [6, 6.07) is 13.6. The normalized spacial score (nSPS) is 10.3. The van der Waals surface area contributed by atoms with Crippen LogP contribution in [0.15, 0.2) is 66.3 Å². The van der Waals surface area contributed by atoms with E-state index in [4.69, 9.17) is 16.3 Å².